The molecule has 0 aliphatic carbocycles. The average Bonchev–Trinajstić information content (AvgIpc) is 2.56. The van der Waals surface area contributed by atoms with Crippen LogP contribution in [-0.4, -0.2) is 25.6 Å². The van der Waals surface area contributed by atoms with Crippen molar-refractivity contribution in [3.05, 3.63) is 59.2 Å². The van der Waals surface area contributed by atoms with Gasteiger partial charge in [-0.25, -0.2) is 4.79 Å². The summed E-state index contributed by atoms with van der Waals surface area (Å²) in [5.41, 5.74) is 3.44. The Bertz CT molecular complexity index is 723. The number of rotatable bonds is 6. The van der Waals surface area contributed by atoms with E-state index >= 15 is 0 Å². The molecule has 0 aliphatic heterocycles. The second-order valence-electron chi connectivity index (χ2n) is 5.46. The summed E-state index contributed by atoms with van der Waals surface area (Å²) in [6.45, 7) is 4.06. The molecule has 126 valence electrons. The molecule has 0 saturated heterocycles. The van der Waals surface area contributed by atoms with E-state index in [2.05, 4.69) is 36.5 Å². The summed E-state index contributed by atoms with van der Waals surface area (Å²) in [4.78, 5) is 23.0. The molecule has 0 aliphatic rings. The number of anilines is 1. The Morgan fingerprint density at radius 3 is 2.42 bits per heavy atom. The molecule has 0 spiro atoms. The highest BCUT2D eigenvalue weighted by molar-refractivity contribution is 5.94. The van der Waals surface area contributed by atoms with Gasteiger partial charge in [0.25, 0.3) is 0 Å². The van der Waals surface area contributed by atoms with Crippen molar-refractivity contribution < 1.29 is 19.1 Å². The van der Waals surface area contributed by atoms with Crippen molar-refractivity contribution in [2.45, 2.75) is 20.3 Å². The molecular formula is C19H21NO4. The average molecular weight is 327 g/mol. The highest BCUT2D eigenvalue weighted by atomic mass is 16.5. The Morgan fingerprint density at radius 1 is 1.08 bits per heavy atom. The summed E-state index contributed by atoms with van der Waals surface area (Å²) in [5, 5.41) is 3.26. The van der Waals surface area contributed by atoms with Crippen molar-refractivity contribution in [2.75, 3.05) is 19.0 Å². The standard InChI is InChI=1S/C19H21NO4/c1-13-4-6-15(7-5-13)10-11-20-16-8-9-18(24-14(2)21)17(12-16)19(22)23-3/h4-9,12,20H,10-11H2,1-3H3. The van der Waals surface area contributed by atoms with Gasteiger partial charge in [0, 0.05) is 19.2 Å². The minimum Gasteiger partial charge on any atom is -0.465 e. The molecule has 5 nitrogen and oxygen atoms in total. The molecule has 24 heavy (non-hydrogen) atoms. The number of carbonyl (C=O) groups excluding carboxylic acids is 2. The quantitative estimate of drug-likeness (QED) is 0.651. The third kappa shape index (κ3) is 4.84. The molecule has 0 heterocycles. The van der Waals surface area contributed by atoms with Gasteiger partial charge in [-0.15, -0.1) is 0 Å². The van der Waals surface area contributed by atoms with E-state index in [-0.39, 0.29) is 11.3 Å². The first-order valence-corrected chi connectivity index (χ1v) is 7.70. The Balaban J connectivity index is 2.05. The number of methoxy groups -OCH3 is 1. The third-order valence-corrected chi connectivity index (χ3v) is 3.50. The van der Waals surface area contributed by atoms with Crippen LogP contribution in [0.5, 0.6) is 5.75 Å². The van der Waals surface area contributed by atoms with E-state index in [4.69, 9.17) is 9.47 Å². The van der Waals surface area contributed by atoms with Crippen molar-refractivity contribution >= 4 is 17.6 Å². The van der Waals surface area contributed by atoms with Crippen LogP contribution in [0.4, 0.5) is 5.69 Å². The van der Waals surface area contributed by atoms with Gasteiger partial charge in [-0.05, 0) is 37.1 Å². The fraction of sp³-hybridized carbons (Fsp3) is 0.263. The number of esters is 2. The minimum absolute atomic E-state index is 0.193. The lowest BCUT2D eigenvalue weighted by Gasteiger charge is -2.11. The van der Waals surface area contributed by atoms with Gasteiger partial charge in [-0.2, -0.15) is 0 Å². The number of benzene rings is 2. The number of nitrogens with one attached hydrogen (secondary N) is 1. The van der Waals surface area contributed by atoms with E-state index in [1.807, 2.05) is 0 Å². The smallest absolute Gasteiger partial charge is 0.341 e. The zero-order valence-electron chi connectivity index (χ0n) is 14.1. The maximum Gasteiger partial charge on any atom is 0.341 e. The van der Waals surface area contributed by atoms with E-state index in [1.165, 1.54) is 25.2 Å². The molecule has 0 unspecified atom stereocenters. The molecule has 0 saturated carbocycles. The summed E-state index contributed by atoms with van der Waals surface area (Å²) < 4.78 is 9.78. The third-order valence-electron chi connectivity index (χ3n) is 3.50. The van der Waals surface area contributed by atoms with Gasteiger partial charge in [0.2, 0.25) is 0 Å². The second-order valence-corrected chi connectivity index (χ2v) is 5.46. The van der Waals surface area contributed by atoms with Crippen LogP contribution in [0.2, 0.25) is 0 Å². The molecule has 2 aromatic carbocycles. The Kier molecular flexibility index (Phi) is 5.95. The Morgan fingerprint density at radius 2 is 1.79 bits per heavy atom. The lowest BCUT2D eigenvalue weighted by Crippen LogP contribution is -2.11. The van der Waals surface area contributed by atoms with Crippen LogP contribution < -0.4 is 10.1 Å². The van der Waals surface area contributed by atoms with E-state index in [0.717, 1.165) is 18.7 Å². The molecule has 2 aromatic rings. The molecule has 0 atom stereocenters. The van der Waals surface area contributed by atoms with Crippen molar-refractivity contribution in [3.8, 4) is 5.75 Å². The van der Waals surface area contributed by atoms with Crippen LogP contribution in [0.25, 0.3) is 0 Å². The summed E-state index contributed by atoms with van der Waals surface area (Å²) in [6.07, 6.45) is 0.861. The lowest BCUT2D eigenvalue weighted by molar-refractivity contribution is -0.131. The maximum atomic E-state index is 11.9. The summed E-state index contributed by atoms with van der Waals surface area (Å²) >= 11 is 0. The van der Waals surface area contributed by atoms with E-state index in [9.17, 15) is 9.59 Å². The molecule has 0 radical (unpaired) electrons. The zero-order chi connectivity index (χ0) is 17.5. The van der Waals surface area contributed by atoms with Crippen LogP contribution in [0.1, 0.15) is 28.4 Å². The first kappa shape index (κ1) is 17.5. The zero-order valence-corrected chi connectivity index (χ0v) is 14.1. The maximum absolute atomic E-state index is 11.9. The topological polar surface area (TPSA) is 64.6 Å². The van der Waals surface area contributed by atoms with E-state index in [1.54, 1.807) is 18.2 Å². The Hall–Kier alpha value is -2.82. The minimum atomic E-state index is -0.548. The molecule has 5 heteroatoms. The van der Waals surface area contributed by atoms with Gasteiger partial charge in [-0.1, -0.05) is 29.8 Å². The molecule has 0 bridgehead atoms. The number of ether oxygens (including phenoxy) is 2. The van der Waals surface area contributed by atoms with Crippen LogP contribution in [0, 0.1) is 6.92 Å². The number of aryl methyl sites for hydroxylation is 1. The number of carbonyl (C=O) groups is 2. The SMILES string of the molecule is COC(=O)c1cc(NCCc2ccc(C)cc2)ccc1OC(C)=O. The van der Waals surface area contributed by atoms with Gasteiger partial charge < -0.3 is 14.8 Å². The number of hydrogen-bond acceptors (Lipinski definition) is 5. The van der Waals surface area contributed by atoms with Gasteiger partial charge in [0.1, 0.15) is 11.3 Å². The highest BCUT2D eigenvalue weighted by Gasteiger charge is 2.15. The van der Waals surface area contributed by atoms with Crippen LogP contribution >= 0.6 is 0 Å². The predicted molar refractivity (Wildman–Crippen MR) is 92.5 cm³/mol. The monoisotopic (exact) mass is 327 g/mol. The normalized spacial score (nSPS) is 10.1. The molecule has 0 fully saturated rings. The van der Waals surface area contributed by atoms with E-state index in [0.29, 0.717) is 0 Å². The fourth-order valence-corrected chi connectivity index (χ4v) is 2.26. The first-order valence-electron chi connectivity index (χ1n) is 7.70. The molecule has 0 amide bonds. The van der Waals surface area contributed by atoms with Gasteiger partial charge >= 0.3 is 11.9 Å². The fourth-order valence-electron chi connectivity index (χ4n) is 2.26. The highest BCUT2D eigenvalue weighted by Crippen LogP contribution is 2.24. The molecule has 2 rings (SSSR count). The predicted octanol–water partition coefficient (Wildman–Crippen LogP) is 3.36. The lowest BCUT2D eigenvalue weighted by atomic mass is 10.1. The summed E-state index contributed by atoms with van der Waals surface area (Å²) in [7, 11) is 1.29. The summed E-state index contributed by atoms with van der Waals surface area (Å²) in [6, 6.07) is 13.3. The van der Waals surface area contributed by atoms with Gasteiger partial charge in [-0.3, -0.25) is 4.79 Å². The molecule has 1 N–H and O–H groups in total. The van der Waals surface area contributed by atoms with Crippen LogP contribution in [0.15, 0.2) is 42.5 Å². The van der Waals surface area contributed by atoms with Gasteiger partial charge in [0.15, 0.2) is 0 Å². The van der Waals surface area contributed by atoms with Crippen LogP contribution in [-0.2, 0) is 16.0 Å². The van der Waals surface area contributed by atoms with Crippen molar-refractivity contribution in [1.82, 2.24) is 0 Å². The van der Waals surface area contributed by atoms with E-state index < -0.39 is 11.9 Å². The Labute approximate surface area is 141 Å². The molecule has 0 aromatic heterocycles. The second kappa shape index (κ2) is 8.15. The largest absolute Gasteiger partial charge is 0.465 e. The first-order chi connectivity index (χ1) is 11.5. The number of hydrogen-bond donors (Lipinski definition) is 1. The summed E-state index contributed by atoms with van der Waals surface area (Å²) in [5.74, 6) is -0.841. The van der Waals surface area contributed by atoms with Crippen molar-refractivity contribution in [2.24, 2.45) is 0 Å². The van der Waals surface area contributed by atoms with Crippen molar-refractivity contribution in [1.29, 1.82) is 0 Å². The van der Waals surface area contributed by atoms with Crippen LogP contribution in [0.3, 0.4) is 0 Å². The van der Waals surface area contributed by atoms with Crippen molar-refractivity contribution in [3.63, 3.8) is 0 Å². The molecular weight excluding hydrogens is 306 g/mol. The van der Waals surface area contributed by atoms with Gasteiger partial charge in [0.05, 0.1) is 7.11 Å².